The molecule has 0 aliphatic rings. The third-order valence-electron chi connectivity index (χ3n) is 1.79. The van der Waals surface area contributed by atoms with Gasteiger partial charge in [-0.2, -0.15) is 9.67 Å². The van der Waals surface area contributed by atoms with Gasteiger partial charge in [-0.25, -0.2) is 15.0 Å². The van der Waals surface area contributed by atoms with E-state index in [1.54, 1.807) is 32.6 Å². The first kappa shape index (κ1) is 9.53. The van der Waals surface area contributed by atoms with Crippen LogP contribution in [0.5, 0.6) is 0 Å². The molecule has 0 aliphatic heterocycles. The van der Waals surface area contributed by atoms with Crippen molar-refractivity contribution in [3.05, 3.63) is 24.8 Å². The summed E-state index contributed by atoms with van der Waals surface area (Å²) in [5.41, 5.74) is 0. The van der Waals surface area contributed by atoms with Crippen molar-refractivity contribution >= 4 is 5.95 Å². The lowest BCUT2D eigenvalue weighted by atomic mass is 10.7. The third-order valence-corrected chi connectivity index (χ3v) is 1.79. The van der Waals surface area contributed by atoms with Gasteiger partial charge in [-0.15, -0.1) is 5.10 Å². The highest BCUT2D eigenvalue weighted by Gasteiger charge is 2.07. The fourth-order valence-corrected chi connectivity index (χ4v) is 0.986. The summed E-state index contributed by atoms with van der Waals surface area (Å²) < 4.78 is 1.48. The molecule has 2 aromatic heterocycles. The van der Waals surface area contributed by atoms with Crippen LogP contribution in [0.4, 0.5) is 5.95 Å². The van der Waals surface area contributed by atoms with Crippen LogP contribution in [0.3, 0.4) is 0 Å². The first-order chi connectivity index (χ1) is 7.31. The van der Waals surface area contributed by atoms with E-state index in [9.17, 15) is 0 Å². The molecule has 0 radical (unpaired) electrons. The molecule has 0 bridgehead atoms. The number of rotatable bonds is 3. The summed E-state index contributed by atoms with van der Waals surface area (Å²) >= 11 is 0. The van der Waals surface area contributed by atoms with Crippen LogP contribution < -0.4 is 5.06 Å². The minimum Gasteiger partial charge on any atom is -0.274 e. The molecule has 0 N–H and O–H groups in total. The molecule has 2 rings (SSSR count). The number of hydroxylamine groups is 1. The zero-order valence-electron chi connectivity index (χ0n) is 8.40. The van der Waals surface area contributed by atoms with Gasteiger partial charge < -0.3 is 0 Å². The van der Waals surface area contributed by atoms with Gasteiger partial charge in [0, 0.05) is 19.4 Å². The lowest BCUT2D eigenvalue weighted by molar-refractivity contribution is 0.180. The highest BCUT2D eigenvalue weighted by atomic mass is 16.7. The van der Waals surface area contributed by atoms with E-state index in [1.165, 1.54) is 16.1 Å². The van der Waals surface area contributed by atoms with Gasteiger partial charge in [0.05, 0.1) is 7.11 Å². The van der Waals surface area contributed by atoms with Crippen molar-refractivity contribution in [2.24, 2.45) is 0 Å². The molecular weight excluding hydrogens is 196 g/mol. The topological polar surface area (TPSA) is 69.0 Å². The van der Waals surface area contributed by atoms with Gasteiger partial charge in [0.1, 0.15) is 6.33 Å². The lowest BCUT2D eigenvalue weighted by Crippen LogP contribution is -2.16. The Kier molecular flexibility index (Phi) is 2.55. The van der Waals surface area contributed by atoms with Crippen molar-refractivity contribution in [2.75, 3.05) is 19.2 Å². The van der Waals surface area contributed by atoms with Crippen molar-refractivity contribution in [1.29, 1.82) is 0 Å². The van der Waals surface area contributed by atoms with Gasteiger partial charge in [-0.3, -0.25) is 4.84 Å². The van der Waals surface area contributed by atoms with E-state index in [2.05, 4.69) is 20.1 Å². The van der Waals surface area contributed by atoms with Crippen molar-refractivity contribution in [3.63, 3.8) is 0 Å². The number of hydrogen-bond acceptors (Lipinski definition) is 6. The molecule has 0 atom stereocenters. The van der Waals surface area contributed by atoms with E-state index in [0.29, 0.717) is 11.9 Å². The van der Waals surface area contributed by atoms with Crippen LogP contribution in [0.25, 0.3) is 5.95 Å². The molecule has 0 aliphatic carbocycles. The first-order valence-corrected chi connectivity index (χ1v) is 4.28. The molecule has 0 saturated carbocycles. The van der Waals surface area contributed by atoms with Gasteiger partial charge in [-0.05, 0) is 6.07 Å². The Bertz CT molecular complexity index is 428. The number of aromatic nitrogens is 5. The zero-order chi connectivity index (χ0) is 10.7. The standard InChI is InChI=1S/C8H10N6O/c1-13(15-2)8-11-6-14(12-8)7-9-4-3-5-10-7/h3-6H,1-2H3. The number of hydrogen-bond donors (Lipinski definition) is 0. The highest BCUT2D eigenvalue weighted by Crippen LogP contribution is 2.05. The summed E-state index contributed by atoms with van der Waals surface area (Å²) in [6.07, 6.45) is 4.81. The van der Waals surface area contributed by atoms with Crippen LogP contribution >= 0.6 is 0 Å². The first-order valence-electron chi connectivity index (χ1n) is 4.28. The van der Waals surface area contributed by atoms with Crippen molar-refractivity contribution in [3.8, 4) is 5.95 Å². The molecule has 0 spiro atoms. The minimum atomic E-state index is 0.449. The molecule has 2 heterocycles. The SMILES string of the molecule is CON(C)c1ncn(-c2ncccn2)n1. The largest absolute Gasteiger partial charge is 0.274 e. The van der Waals surface area contributed by atoms with Gasteiger partial charge in [0.2, 0.25) is 0 Å². The van der Waals surface area contributed by atoms with Crippen LogP contribution in [-0.2, 0) is 4.84 Å². The molecule has 78 valence electrons. The Hall–Kier alpha value is -2.02. The molecule has 7 heteroatoms. The summed E-state index contributed by atoms with van der Waals surface area (Å²) in [5, 5.41) is 5.58. The summed E-state index contributed by atoms with van der Waals surface area (Å²) in [7, 11) is 3.26. The molecule has 0 amide bonds. The highest BCUT2D eigenvalue weighted by molar-refractivity contribution is 5.22. The van der Waals surface area contributed by atoms with Crippen LogP contribution in [0, 0.1) is 0 Å². The summed E-state index contributed by atoms with van der Waals surface area (Å²) in [6, 6.07) is 1.74. The molecule has 0 unspecified atom stereocenters. The molecule has 15 heavy (non-hydrogen) atoms. The van der Waals surface area contributed by atoms with Crippen molar-refractivity contribution in [1.82, 2.24) is 24.7 Å². The van der Waals surface area contributed by atoms with E-state index >= 15 is 0 Å². The van der Waals surface area contributed by atoms with E-state index in [-0.39, 0.29) is 0 Å². The lowest BCUT2D eigenvalue weighted by Gasteiger charge is -2.09. The second-order valence-corrected chi connectivity index (χ2v) is 2.72. The van der Waals surface area contributed by atoms with E-state index in [0.717, 1.165) is 0 Å². The van der Waals surface area contributed by atoms with E-state index in [4.69, 9.17) is 4.84 Å². The number of anilines is 1. The molecule has 2 aromatic rings. The van der Waals surface area contributed by atoms with E-state index in [1.807, 2.05) is 0 Å². The molecule has 0 saturated heterocycles. The average Bonchev–Trinajstić information content (AvgIpc) is 2.78. The fourth-order valence-electron chi connectivity index (χ4n) is 0.986. The second kappa shape index (κ2) is 4.01. The van der Waals surface area contributed by atoms with Crippen LogP contribution in [0.15, 0.2) is 24.8 Å². The third kappa shape index (κ3) is 1.91. The zero-order valence-corrected chi connectivity index (χ0v) is 8.40. The maximum atomic E-state index is 4.94. The summed E-state index contributed by atoms with van der Waals surface area (Å²) in [6.45, 7) is 0. The van der Waals surface area contributed by atoms with Gasteiger partial charge in [0.25, 0.3) is 11.9 Å². The van der Waals surface area contributed by atoms with Gasteiger partial charge >= 0.3 is 0 Å². The Balaban J connectivity index is 2.28. The van der Waals surface area contributed by atoms with Crippen molar-refractivity contribution < 1.29 is 4.84 Å². The summed E-state index contributed by atoms with van der Waals surface area (Å²) in [5.74, 6) is 0.922. The maximum Gasteiger partial charge on any atom is 0.268 e. The quantitative estimate of drug-likeness (QED) is 0.661. The second-order valence-electron chi connectivity index (χ2n) is 2.72. The fraction of sp³-hybridized carbons (Fsp3) is 0.250. The Morgan fingerprint density at radius 1 is 1.27 bits per heavy atom. The molecule has 0 fully saturated rings. The van der Waals surface area contributed by atoms with Crippen LogP contribution in [0.1, 0.15) is 0 Å². The normalized spacial score (nSPS) is 10.3. The Labute approximate surface area is 86.3 Å². The van der Waals surface area contributed by atoms with Crippen molar-refractivity contribution in [2.45, 2.75) is 0 Å². The van der Waals surface area contributed by atoms with Crippen LogP contribution in [-0.4, -0.2) is 38.9 Å². The molecule has 7 nitrogen and oxygen atoms in total. The average molecular weight is 206 g/mol. The predicted molar refractivity (Wildman–Crippen MR) is 52.4 cm³/mol. The Morgan fingerprint density at radius 2 is 2.00 bits per heavy atom. The minimum absolute atomic E-state index is 0.449. The summed E-state index contributed by atoms with van der Waals surface area (Å²) in [4.78, 5) is 17.1. The molecular formula is C8H10N6O. The van der Waals surface area contributed by atoms with Gasteiger partial charge in [-0.1, -0.05) is 0 Å². The maximum absolute atomic E-state index is 4.94. The van der Waals surface area contributed by atoms with Crippen LogP contribution in [0.2, 0.25) is 0 Å². The molecule has 0 aromatic carbocycles. The Morgan fingerprint density at radius 3 is 2.67 bits per heavy atom. The number of nitrogens with zero attached hydrogens (tertiary/aromatic N) is 6. The van der Waals surface area contributed by atoms with E-state index < -0.39 is 0 Å². The van der Waals surface area contributed by atoms with Gasteiger partial charge in [0.15, 0.2) is 0 Å². The monoisotopic (exact) mass is 206 g/mol. The predicted octanol–water partition coefficient (Wildman–Crippen LogP) is 0.0549. The smallest absolute Gasteiger partial charge is 0.268 e.